The van der Waals surface area contributed by atoms with Crippen LogP contribution in [0.15, 0.2) is 42.2 Å². The first-order valence-corrected chi connectivity index (χ1v) is 8.45. The van der Waals surface area contributed by atoms with Crippen molar-refractivity contribution in [1.82, 2.24) is 19.6 Å². The summed E-state index contributed by atoms with van der Waals surface area (Å²) < 4.78 is 0. The van der Waals surface area contributed by atoms with E-state index in [-0.39, 0.29) is 5.91 Å². The molecule has 0 saturated carbocycles. The molecule has 2 fully saturated rings. The lowest BCUT2D eigenvalue weighted by atomic mass is 10.0. The second-order valence-electron chi connectivity index (χ2n) is 6.86. The highest BCUT2D eigenvalue weighted by atomic mass is 16.2. The number of piperidine rings is 1. The van der Waals surface area contributed by atoms with Crippen LogP contribution < -0.4 is 0 Å². The Morgan fingerprint density at radius 2 is 1.83 bits per heavy atom. The average molecular weight is 312 g/mol. The molecule has 0 aromatic heterocycles. The van der Waals surface area contributed by atoms with E-state index >= 15 is 0 Å². The summed E-state index contributed by atoms with van der Waals surface area (Å²) in [5.74, 6) is 0.218. The summed E-state index contributed by atoms with van der Waals surface area (Å²) in [5, 5.41) is 0. The molecule has 1 amide bonds. The zero-order chi connectivity index (χ0) is 15.8. The van der Waals surface area contributed by atoms with Crippen LogP contribution in [0.5, 0.6) is 0 Å². The summed E-state index contributed by atoms with van der Waals surface area (Å²) >= 11 is 0. The fraction of sp³-hybridized carbons (Fsp3) is 0.500. The van der Waals surface area contributed by atoms with E-state index in [9.17, 15) is 4.79 Å². The fourth-order valence-corrected chi connectivity index (χ4v) is 3.90. The van der Waals surface area contributed by atoms with Crippen LogP contribution in [-0.2, 0) is 11.3 Å². The zero-order valence-corrected chi connectivity index (χ0v) is 13.7. The Balaban J connectivity index is 1.34. The van der Waals surface area contributed by atoms with E-state index in [1.165, 1.54) is 5.56 Å². The predicted octanol–water partition coefficient (Wildman–Crippen LogP) is 1.50. The lowest BCUT2D eigenvalue weighted by molar-refractivity contribution is -0.127. The minimum absolute atomic E-state index is 0.218. The molecule has 0 aliphatic carbocycles. The molecule has 4 rings (SSSR count). The monoisotopic (exact) mass is 312 g/mol. The molecule has 0 bridgehead atoms. The van der Waals surface area contributed by atoms with Gasteiger partial charge in [-0.3, -0.25) is 9.69 Å². The minimum Gasteiger partial charge on any atom is -0.361 e. The van der Waals surface area contributed by atoms with Crippen LogP contribution in [0.25, 0.3) is 0 Å². The van der Waals surface area contributed by atoms with Gasteiger partial charge < -0.3 is 14.7 Å². The lowest BCUT2D eigenvalue weighted by Crippen LogP contribution is -2.46. The van der Waals surface area contributed by atoms with E-state index in [1.807, 2.05) is 13.2 Å². The SMILES string of the molecule is CN1C=C2C(=O)N(C3CCN(Cc4ccccc4)CC3)CN2C1. The first-order valence-electron chi connectivity index (χ1n) is 8.45. The molecule has 0 unspecified atom stereocenters. The maximum Gasteiger partial charge on any atom is 0.273 e. The smallest absolute Gasteiger partial charge is 0.273 e. The zero-order valence-electron chi connectivity index (χ0n) is 13.7. The number of carbonyl (C=O) groups is 1. The second kappa shape index (κ2) is 5.89. The van der Waals surface area contributed by atoms with Gasteiger partial charge >= 0.3 is 0 Å². The van der Waals surface area contributed by atoms with Crippen molar-refractivity contribution in [3.8, 4) is 0 Å². The molecule has 3 aliphatic rings. The van der Waals surface area contributed by atoms with Gasteiger partial charge in [0.1, 0.15) is 5.70 Å². The molecule has 1 aromatic carbocycles. The largest absolute Gasteiger partial charge is 0.361 e. The Bertz CT molecular complexity index is 607. The van der Waals surface area contributed by atoms with Gasteiger partial charge in [-0.15, -0.1) is 0 Å². The van der Waals surface area contributed by atoms with E-state index < -0.39 is 0 Å². The third-order valence-electron chi connectivity index (χ3n) is 5.13. The van der Waals surface area contributed by atoms with Crippen LogP contribution in [0.3, 0.4) is 0 Å². The van der Waals surface area contributed by atoms with Gasteiger partial charge in [-0.05, 0) is 18.4 Å². The quantitative estimate of drug-likeness (QED) is 0.846. The summed E-state index contributed by atoms with van der Waals surface area (Å²) in [5.41, 5.74) is 2.25. The lowest BCUT2D eigenvalue weighted by Gasteiger charge is -2.36. The third kappa shape index (κ3) is 2.81. The number of carbonyl (C=O) groups excluding carboxylic acids is 1. The Morgan fingerprint density at radius 1 is 1.09 bits per heavy atom. The van der Waals surface area contributed by atoms with E-state index in [0.29, 0.717) is 6.04 Å². The number of amides is 1. The third-order valence-corrected chi connectivity index (χ3v) is 5.13. The Kier molecular flexibility index (Phi) is 3.73. The summed E-state index contributed by atoms with van der Waals surface area (Å²) in [6.45, 7) is 4.76. The number of hydrogen-bond acceptors (Lipinski definition) is 4. The number of hydrogen-bond donors (Lipinski definition) is 0. The van der Waals surface area contributed by atoms with Gasteiger partial charge in [-0.1, -0.05) is 30.3 Å². The van der Waals surface area contributed by atoms with Crippen LogP contribution in [-0.4, -0.2) is 65.0 Å². The Hall–Kier alpha value is -2.01. The van der Waals surface area contributed by atoms with Gasteiger partial charge in [0.25, 0.3) is 5.91 Å². The molecule has 0 N–H and O–H groups in total. The van der Waals surface area contributed by atoms with Crippen LogP contribution in [0.2, 0.25) is 0 Å². The molecular formula is C18H24N4O. The van der Waals surface area contributed by atoms with Crippen LogP contribution >= 0.6 is 0 Å². The summed E-state index contributed by atoms with van der Waals surface area (Å²) in [6.07, 6.45) is 4.14. The van der Waals surface area contributed by atoms with Gasteiger partial charge in [-0.25, -0.2) is 0 Å². The normalized spacial score (nSPS) is 22.7. The first kappa shape index (κ1) is 14.6. The molecule has 3 heterocycles. The van der Waals surface area contributed by atoms with Gasteiger partial charge in [0.2, 0.25) is 0 Å². The second-order valence-corrected chi connectivity index (χ2v) is 6.86. The molecule has 5 heteroatoms. The molecular weight excluding hydrogens is 288 g/mol. The van der Waals surface area contributed by atoms with E-state index in [1.54, 1.807) is 0 Å². The van der Waals surface area contributed by atoms with Crippen molar-refractivity contribution in [3.05, 3.63) is 47.8 Å². The maximum absolute atomic E-state index is 12.6. The number of fused-ring (bicyclic) bond motifs is 1. The van der Waals surface area contributed by atoms with E-state index in [0.717, 1.165) is 51.5 Å². The van der Waals surface area contributed by atoms with Gasteiger partial charge in [0.05, 0.1) is 13.3 Å². The standard InChI is InChI=1S/C18H24N4O/c1-19-12-17-18(23)22(14-21(17)13-19)16-7-9-20(10-8-16)11-15-5-3-2-4-6-15/h2-6,12,16H,7-11,13-14H2,1H3. The fourth-order valence-electron chi connectivity index (χ4n) is 3.90. The van der Waals surface area contributed by atoms with E-state index in [4.69, 9.17) is 0 Å². The van der Waals surface area contributed by atoms with Crippen LogP contribution in [0.4, 0.5) is 0 Å². The minimum atomic E-state index is 0.218. The van der Waals surface area contributed by atoms with Gasteiger partial charge in [0, 0.05) is 38.9 Å². The molecule has 23 heavy (non-hydrogen) atoms. The van der Waals surface area contributed by atoms with Crippen molar-refractivity contribution in [2.75, 3.05) is 33.5 Å². The molecule has 0 spiro atoms. The highest BCUT2D eigenvalue weighted by Gasteiger charge is 2.40. The van der Waals surface area contributed by atoms with E-state index in [2.05, 4.69) is 49.9 Å². The highest BCUT2D eigenvalue weighted by molar-refractivity contribution is 5.95. The summed E-state index contributed by atoms with van der Waals surface area (Å²) in [6, 6.07) is 11.0. The number of rotatable bonds is 3. The molecule has 5 nitrogen and oxygen atoms in total. The summed E-state index contributed by atoms with van der Waals surface area (Å²) in [7, 11) is 2.02. The topological polar surface area (TPSA) is 30.0 Å². The average Bonchev–Trinajstić information content (AvgIpc) is 3.07. The summed E-state index contributed by atoms with van der Waals surface area (Å²) in [4.78, 5) is 21.4. The molecule has 0 atom stereocenters. The predicted molar refractivity (Wildman–Crippen MR) is 89.0 cm³/mol. The van der Waals surface area contributed by atoms with Crippen molar-refractivity contribution in [2.45, 2.75) is 25.4 Å². The van der Waals surface area contributed by atoms with Crippen LogP contribution in [0, 0.1) is 0 Å². The Labute approximate surface area is 137 Å². The van der Waals surface area contributed by atoms with Crippen molar-refractivity contribution >= 4 is 5.91 Å². The number of likely N-dealkylation sites (tertiary alicyclic amines) is 1. The highest BCUT2D eigenvalue weighted by Crippen LogP contribution is 2.29. The van der Waals surface area contributed by atoms with Crippen molar-refractivity contribution in [3.63, 3.8) is 0 Å². The van der Waals surface area contributed by atoms with Crippen molar-refractivity contribution in [1.29, 1.82) is 0 Å². The first-order chi connectivity index (χ1) is 11.2. The van der Waals surface area contributed by atoms with Crippen molar-refractivity contribution in [2.24, 2.45) is 0 Å². The van der Waals surface area contributed by atoms with Crippen LogP contribution in [0.1, 0.15) is 18.4 Å². The van der Waals surface area contributed by atoms with Gasteiger partial charge in [-0.2, -0.15) is 0 Å². The molecule has 1 aromatic rings. The molecule has 0 radical (unpaired) electrons. The van der Waals surface area contributed by atoms with Crippen molar-refractivity contribution < 1.29 is 4.79 Å². The molecule has 2 saturated heterocycles. The Morgan fingerprint density at radius 3 is 2.52 bits per heavy atom. The molecule has 122 valence electrons. The molecule has 3 aliphatic heterocycles. The number of benzene rings is 1. The number of nitrogens with zero attached hydrogens (tertiary/aromatic N) is 4. The maximum atomic E-state index is 12.6. The van der Waals surface area contributed by atoms with Gasteiger partial charge in [0.15, 0.2) is 0 Å².